The summed E-state index contributed by atoms with van der Waals surface area (Å²) < 4.78 is 5.87. The SMILES string of the molecule is CC(C)Oc1c(C(=O)Nc2nn[nH]n2)sc2c1CNCC2. The summed E-state index contributed by atoms with van der Waals surface area (Å²) in [5.41, 5.74) is 1.08. The second kappa shape index (κ2) is 5.78. The van der Waals surface area contributed by atoms with Gasteiger partial charge in [-0.2, -0.15) is 5.21 Å². The molecule has 1 aliphatic heterocycles. The van der Waals surface area contributed by atoms with Crippen molar-refractivity contribution in [3.63, 3.8) is 0 Å². The van der Waals surface area contributed by atoms with Crippen molar-refractivity contribution in [1.29, 1.82) is 0 Å². The molecule has 0 bridgehead atoms. The van der Waals surface area contributed by atoms with Crippen molar-refractivity contribution in [2.45, 2.75) is 32.9 Å². The van der Waals surface area contributed by atoms with Gasteiger partial charge < -0.3 is 10.1 Å². The first-order chi connectivity index (χ1) is 10.1. The topological polar surface area (TPSA) is 105 Å². The average molecular weight is 308 g/mol. The van der Waals surface area contributed by atoms with Crippen LogP contribution in [-0.2, 0) is 13.0 Å². The van der Waals surface area contributed by atoms with Crippen molar-refractivity contribution in [3.8, 4) is 5.75 Å². The number of tetrazole rings is 1. The molecule has 3 heterocycles. The molecule has 0 spiro atoms. The van der Waals surface area contributed by atoms with Crippen molar-refractivity contribution in [3.05, 3.63) is 15.3 Å². The van der Waals surface area contributed by atoms with Crippen LogP contribution in [0.3, 0.4) is 0 Å². The van der Waals surface area contributed by atoms with Crippen LogP contribution in [0.15, 0.2) is 0 Å². The average Bonchev–Trinajstić information content (AvgIpc) is 3.07. The van der Waals surface area contributed by atoms with Crippen molar-refractivity contribution in [2.24, 2.45) is 0 Å². The normalized spacial score (nSPS) is 14.0. The number of anilines is 1. The Kier molecular flexibility index (Phi) is 3.84. The third-order valence-corrected chi connectivity index (χ3v) is 4.28. The van der Waals surface area contributed by atoms with Gasteiger partial charge in [-0.25, -0.2) is 0 Å². The van der Waals surface area contributed by atoms with Crippen LogP contribution in [0.1, 0.15) is 34.0 Å². The first-order valence-corrected chi connectivity index (χ1v) is 7.53. The first kappa shape index (κ1) is 14.0. The second-order valence-electron chi connectivity index (χ2n) is 4.94. The third kappa shape index (κ3) is 2.88. The number of fused-ring (bicyclic) bond motifs is 1. The summed E-state index contributed by atoms with van der Waals surface area (Å²) in [4.78, 5) is 14.2. The Morgan fingerprint density at radius 3 is 3.05 bits per heavy atom. The van der Waals surface area contributed by atoms with Gasteiger partial charge in [0.1, 0.15) is 10.6 Å². The summed E-state index contributed by atoms with van der Waals surface area (Å²) in [5.74, 6) is 0.546. The Balaban J connectivity index is 1.92. The molecule has 3 N–H and O–H groups in total. The minimum Gasteiger partial charge on any atom is -0.489 e. The summed E-state index contributed by atoms with van der Waals surface area (Å²) in [5, 5.41) is 19.1. The smallest absolute Gasteiger partial charge is 0.272 e. The molecule has 0 aliphatic carbocycles. The highest BCUT2D eigenvalue weighted by molar-refractivity contribution is 7.14. The predicted octanol–water partition coefficient (Wildman–Crippen LogP) is 0.946. The van der Waals surface area contributed by atoms with Gasteiger partial charge in [0.25, 0.3) is 11.9 Å². The maximum Gasteiger partial charge on any atom is 0.272 e. The molecule has 2 aromatic rings. The lowest BCUT2D eigenvalue weighted by Gasteiger charge is -2.16. The molecule has 1 aliphatic rings. The van der Waals surface area contributed by atoms with E-state index in [1.807, 2.05) is 13.8 Å². The maximum atomic E-state index is 12.4. The molecule has 21 heavy (non-hydrogen) atoms. The van der Waals surface area contributed by atoms with Gasteiger partial charge in [0, 0.05) is 23.5 Å². The van der Waals surface area contributed by atoms with Gasteiger partial charge in [-0.3, -0.25) is 10.1 Å². The fourth-order valence-electron chi connectivity index (χ4n) is 2.17. The van der Waals surface area contributed by atoms with E-state index in [1.54, 1.807) is 0 Å². The predicted molar refractivity (Wildman–Crippen MR) is 77.6 cm³/mol. The highest BCUT2D eigenvalue weighted by Gasteiger charge is 2.27. The number of H-pyrrole nitrogens is 1. The molecule has 0 unspecified atom stereocenters. The molecule has 9 heteroatoms. The van der Waals surface area contributed by atoms with Crippen LogP contribution in [0, 0.1) is 0 Å². The Labute approximate surface area is 125 Å². The van der Waals surface area contributed by atoms with Gasteiger partial charge >= 0.3 is 0 Å². The molecule has 0 fully saturated rings. The van der Waals surface area contributed by atoms with Gasteiger partial charge in [0.05, 0.1) is 6.10 Å². The summed E-state index contributed by atoms with van der Waals surface area (Å²) in [6, 6.07) is 0. The fourth-order valence-corrected chi connectivity index (χ4v) is 3.32. The summed E-state index contributed by atoms with van der Waals surface area (Å²) in [6.45, 7) is 5.53. The van der Waals surface area contributed by atoms with Crippen LogP contribution in [-0.4, -0.2) is 39.2 Å². The molecule has 0 aromatic carbocycles. The zero-order valence-electron chi connectivity index (χ0n) is 11.8. The molecule has 8 nitrogen and oxygen atoms in total. The second-order valence-corrected chi connectivity index (χ2v) is 6.05. The summed E-state index contributed by atoms with van der Waals surface area (Å²) in [6.07, 6.45) is 0.909. The summed E-state index contributed by atoms with van der Waals surface area (Å²) in [7, 11) is 0. The van der Waals surface area contributed by atoms with Crippen LogP contribution in [0.2, 0.25) is 0 Å². The van der Waals surface area contributed by atoms with Crippen LogP contribution in [0.25, 0.3) is 0 Å². The lowest BCUT2D eigenvalue weighted by atomic mass is 10.1. The van der Waals surface area contributed by atoms with E-state index in [0.717, 1.165) is 25.1 Å². The molecule has 0 radical (unpaired) electrons. The Bertz CT molecular complexity index is 636. The van der Waals surface area contributed by atoms with E-state index < -0.39 is 0 Å². The van der Waals surface area contributed by atoms with Crippen molar-refractivity contribution in [1.82, 2.24) is 25.9 Å². The van der Waals surface area contributed by atoms with Crippen LogP contribution < -0.4 is 15.4 Å². The van der Waals surface area contributed by atoms with Crippen LogP contribution >= 0.6 is 11.3 Å². The number of ether oxygens (including phenoxy) is 1. The molecule has 0 atom stereocenters. The molecule has 1 amide bonds. The number of aromatic amines is 1. The molecule has 2 aromatic heterocycles. The van der Waals surface area contributed by atoms with E-state index in [4.69, 9.17) is 4.74 Å². The van der Waals surface area contributed by atoms with Crippen LogP contribution in [0.4, 0.5) is 5.95 Å². The number of carbonyl (C=O) groups is 1. The van der Waals surface area contributed by atoms with Crippen molar-refractivity contribution < 1.29 is 9.53 Å². The fraction of sp³-hybridized carbons (Fsp3) is 0.500. The van der Waals surface area contributed by atoms with Gasteiger partial charge in [-0.05, 0) is 25.5 Å². The Hall–Kier alpha value is -2.00. The molecule has 3 rings (SSSR count). The van der Waals surface area contributed by atoms with Crippen LogP contribution in [0.5, 0.6) is 5.75 Å². The number of aromatic nitrogens is 4. The molecule has 0 saturated carbocycles. The molecule has 0 saturated heterocycles. The lowest BCUT2D eigenvalue weighted by molar-refractivity contribution is 0.102. The van der Waals surface area contributed by atoms with Gasteiger partial charge in [-0.1, -0.05) is 5.10 Å². The van der Waals surface area contributed by atoms with Gasteiger partial charge in [0.15, 0.2) is 0 Å². The van der Waals surface area contributed by atoms with E-state index in [1.165, 1.54) is 16.2 Å². The lowest BCUT2D eigenvalue weighted by Crippen LogP contribution is -2.23. The number of nitrogens with one attached hydrogen (secondary N) is 3. The van der Waals surface area contributed by atoms with Crippen molar-refractivity contribution >= 4 is 23.2 Å². The number of amides is 1. The number of hydrogen-bond acceptors (Lipinski definition) is 7. The number of thiophene rings is 1. The summed E-state index contributed by atoms with van der Waals surface area (Å²) >= 11 is 1.47. The molecule has 112 valence electrons. The highest BCUT2D eigenvalue weighted by atomic mass is 32.1. The zero-order valence-corrected chi connectivity index (χ0v) is 12.6. The Morgan fingerprint density at radius 2 is 2.33 bits per heavy atom. The third-order valence-electron chi connectivity index (χ3n) is 3.00. The minimum atomic E-state index is -0.272. The van der Waals surface area contributed by atoms with E-state index in [-0.39, 0.29) is 18.0 Å². The highest BCUT2D eigenvalue weighted by Crippen LogP contribution is 2.38. The largest absolute Gasteiger partial charge is 0.489 e. The molecular formula is C12H16N6O2S. The quantitative estimate of drug-likeness (QED) is 0.776. The van der Waals surface area contributed by atoms with E-state index in [9.17, 15) is 4.79 Å². The van der Waals surface area contributed by atoms with Gasteiger partial charge in [-0.15, -0.1) is 16.4 Å². The zero-order chi connectivity index (χ0) is 14.8. The number of rotatable bonds is 4. The first-order valence-electron chi connectivity index (χ1n) is 6.72. The Morgan fingerprint density at radius 1 is 1.48 bits per heavy atom. The van der Waals surface area contributed by atoms with E-state index >= 15 is 0 Å². The van der Waals surface area contributed by atoms with E-state index in [0.29, 0.717) is 10.6 Å². The maximum absolute atomic E-state index is 12.4. The number of carbonyl (C=O) groups excluding carboxylic acids is 1. The number of hydrogen-bond donors (Lipinski definition) is 3. The monoisotopic (exact) mass is 308 g/mol. The standard InChI is InChI=1S/C12H16N6O2S/c1-6(2)20-9-7-5-13-4-3-8(7)21-10(9)11(19)14-12-15-17-18-16-12/h6,13H,3-5H2,1-2H3,(H2,14,15,16,17,18,19). The van der Waals surface area contributed by atoms with Crippen molar-refractivity contribution in [2.75, 3.05) is 11.9 Å². The molecular weight excluding hydrogens is 292 g/mol. The van der Waals surface area contributed by atoms with E-state index in [2.05, 4.69) is 31.3 Å². The van der Waals surface area contributed by atoms with Gasteiger partial charge in [0.2, 0.25) is 0 Å². The minimum absolute atomic E-state index is 0.00218. The number of nitrogens with zero attached hydrogens (tertiary/aromatic N) is 3.